The van der Waals surface area contributed by atoms with Crippen molar-refractivity contribution in [2.75, 3.05) is 20.1 Å². The Balaban J connectivity index is 2.38. The van der Waals surface area contributed by atoms with Crippen LogP contribution in [0.15, 0.2) is 11.2 Å². The highest BCUT2D eigenvalue weighted by atomic mass is 32.2. The molecule has 116 valence electrons. The molecule has 0 bridgehead atoms. The Morgan fingerprint density at radius 1 is 1.45 bits per heavy atom. The van der Waals surface area contributed by atoms with Crippen LogP contribution in [0.2, 0.25) is 0 Å². The third-order valence-corrected chi connectivity index (χ3v) is 4.75. The van der Waals surface area contributed by atoms with Crippen molar-refractivity contribution in [3.8, 4) is 0 Å². The molecule has 8 heteroatoms. The minimum Gasteiger partial charge on any atom is -0.326 e. The first-order valence-corrected chi connectivity index (χ1v) is 8.29. The van der Waals surface area contributed by atoms with Gasteiger partial charge in [0.05, 0.1) is 6.20 Å². The predicted molar refractivity (Wildman–Crippen MR) is 78.7 cm³/mol. The van der Waals surface area contributed by atoms with Gasteiger partial charge in [-0.15, -0.1) is 0 Å². The van der Waals surface area contributed by atoms with E-state index >= 15 is 0 Å². The van der Waals surface area contributed by atoms with Crippen molar-refractivity contribution >= 4 is 10.0 Å². The molecule has 0 saturated carbocycles. The Morgan fingerprint density at radius 2 is 2.15 bits per heavy atom. The van der Waals surface area contributed by atoms with Crippen LogP contribution in [0.4, 0.5) is 0 Å². The van der Waals surface area contributed by atoms with E-state index in [1.54, 1.807) is 0 Å². The number of sulfonamides is 1. The maximum Gasteiger partial charge on any atom is 0.257 e. The smallest absolute Gasteiger partial charge is 0.257 e. The molecule has 1 heterocycles. The second-order valence-corrected chi connectivity index (χ2v) is 6.81. The van der Waals surface area contributed by atoms with Crippen LogP contribution in [-0.2, 0) is 16.6 Å². The lowest BCUT2D eigenvalue weighted by Gasteiger charge is -2.20. The first kappa shape index (κ1) is 17.1. The van der Waals surface area contributed by atoms with Crippen molar-refractivity contribution in [3.63, 3.8) is 0 Å². The van der Waals surface area contributed by atoms with Crippen molar-refractivity contribution in [3.05, 3.63) is 11.8 Å². The van der Waals surface area contributed by atoms with E-state index in [9.17, 15) is 8.42 Å². The molecular weight excluding hydrogens is 278 g/mol. The van der Waals surface area contributed by atoms with Crippen LogP contribution in [0.5, 0.6) is 0 Å². The lowest BCUT2D eigenvalue weighted by Crippen LogP contribution is -2.29. The Hall–Kier alpha value is -0.960. The van der Waals surface area contributed by atoms with Crippen LogP contribution >= 0.6 is 0 Å². The Kier molecular flexibility index (Phi) is 6.60. The average Bonchev–Trinajstić information content (AvgIpc) is 2.86. The third kappa shape index (κ3) is 4.86. The molecule has 0 radical (unpaired) electrons. The van der Waals surface area contributed by atoms with Gasteiger partial charge in [-0.3, -0.25) is 5.10 Å². The minimum absolute atomic E-state index is 0.0688. The number of nitrogens with two attached hydrogens (primary N) is 1. The standard InChI is InChI=1S/C12H25N5O2S/c1-10(2)17(3)7-5-4-6-15-20(18,19)12-11(8-13)9-14-16-12/h9-10,15H,4-8,13H2,1-3H3,(H,14,16). The molecule has 0 fully saturated rings. The number of aromatic amines is 1. The van der Waals surface area contributed by atoms with Crippen LogP contribution in [0.1, 0.15) is 32.3 Å². The first-order chi connectivity index (χ1) is 9.38. The largest absolute Gasteiger partial charge is 0.326 e. The van der Waals surface area contributed by atoms with Gasteiger partial charge in [0.15, 0.2) is 5.03 Å². The third-order valence-electron chi connectivity index (χ3n) is 3.28. The van der Waals surface area contributed by atoms with Gasteiger partial charge in [0.2, 0.25) is 0 Å². The number of hydrogen-bond acceptors (Lipinski definition) is 5. The molecule has 0 aromatic carbocycles. The van der Waals surface area contributed by atoms with Crippen LogP contribution in [0.3, 0.4) is 0 Å². The van der Waals surface area contributed by atoms with E-state index in [0.29, 0.717) is 18.2 Å². The van der Waals surface area contributed by atoms with E-state index in [1.165, 1.54) is 6.20 Å². The maximum absolute atomic E-state index is 12.0. The fourth-order valence-electron chi connectivity index (χ4n) is 1.70. The van der Waals surface area contributed by atoms with Gasteiger partial charge < -0.3 is 10.6 Å². The monoisotopic (exact) mass is 303 g/mol. The summed E-state index contributed by atoms with van der Waals surface area (Å²) in [4.78, 5) is 2.23. The molecule has 0 saturated heterocycles. The molecule has 0 aliphatic heterocycles. The normalized spacial score (nSPS) is 12.5. The van der Waals surface area contributed by atoms with Crippen molar-refractivity contribution < 1.29 is 8.42 Å². The topological polar surface area (TPSA) is 104 Å². The molecule has 0 aliphatic carbocycles. The van der Waals surface area contributed by atoms with E-state index in [-0.39, 0.29) is 11.6 Å². The molecule has 20 heavy (non-hydrogen) atoms. The van der Waals surface area contributed by atoms with Gasteiger partial charge in [0.1, 0.15) is 0 Å². The molecule has 7 nitrogen and oxygen atoms in total. The van der Waals surface area contributed by atoms with Gasteiger partial charge >= 0.3 is 0 Å². The maximum atomic E-state index is 12.0. The molecule has 0 amide bonds. The summed E-state index contributed by atoms with van der Waals surface area (Å²) in [5.74, 6) is 0. The SMILES string of the molecule is CC(C)N(C)CCCCNS(=O)(=O)c1[nH]ncc1CN. The second-order valence-electron chi connectivity index (χ2n) is 5.11. The number of unbranched alkanes of at least 4 members (excludes halogenated alkanes) is 1. The van der Waals surface area contributed by atoms with E-state index in [1.807, 2.05) is 0 Å². The molecule has 4 N–H and O–H groups in total. The summed E-state index contributed by atoms with van der Waals surface area (Å²) in [7, 11) is -1.48. The number of aromatic nitrogens is 2. The van der Waals surface area contributed by atoms with Crippen LogP contribution in [0, 0.1) is 0 Å². The lowest BCUT2D eigenvalue weighted by atomic mass is 10.2. The number of H-pyrrole nitrogens is 1. The minimum atomic E-state index is -3.54. The van der Waals surface area contributed by atoms with E-state index in [4.69, 9.17) is 5.73 Å². The lowest BCUT2D eigenvalue weighted by molar-refractivity contribution is 0.268. The zero-order chi connectivity index (χ0) is 15.2. The van der Waals surface area contributed by atoms with Gasteiger partial charge in [0.25, 0.3) is 10.0 Å². The van der Waals surface area contributed by atoms with Gasteiger partial charge in [-0.2, -0.15) is 5.10 Å². The number of rotatable bonds is 9. The summed E-state index contributed by atoms with van der Waals surface area (Å²) in [5, 5.41) is 6.27. The molecule has 0 aliphatic rings. The van der Waals surface area contributed by atoms with Crippen molar-refractivity contribution in [2.45, 2.75) is 44.3 Å². The number of nitrogens with zero attached hydrogens (tertiary/aromatic N) is 2. The Morgan fingerprint density at radius 3 is 2.75 bits per heavy atom. The van der Waals surface area contributed by atoms with Crippen molar-refractivity contribution in [1.29, 1.82) is 0 Å². The van der Waals surface area contributed by atoms with Crippen LogP contribution < -0.4 is 10.5 Å². The Labute approximate surface area is 121 Å². The second kappa shape index (κ2) is 7.72. The average molecular weight is 303 g/mol. The molecule has 1 aromatic heterocycles. The number of nitrogens with one attached hydrogen (secondary N) is 2. The molecule has 0 unspecified atom stereocenters. The zero-order valence-electron chi connectivity index (χ0n) is 12.4. The molecule has 1 aromatic rings. The Bertz CT molecular complexity index is 498. The van der Waals surface area contributed by atoms with E-state index < -0.39 is 10.0 Å². The highest BCUT2D eigenvalue weighted by Gasteiger charge is 2.19. The number of hydrogen-bond donors (Lipinski definition) is 3. The van der Waals surface area contributed by atoms with Crippen molar-refractivity contribution in [1.82, 2.24) is 19.8 Å². The summed E-state index contributed by atoms with van der Waals surface area (Å²) in [5.41, 5.74) is 5.97. The molecule has 1 rings (SSSR count). The molecule has 0 atom stereocenters. The molecular formula is C12H25N5O2S. The van der Waals surface area contributed by atoms with Crippen LogP contribution in [-0.4, -0.2) is 49.7 Å². The molecule has 0 spiro atoms. The highest BCUT2D eigenvalue weighted by molar-refractivity contribution is 7.89. The summed E-state index contributed by atoms with van der Waals surface area (Å²) in [6, 6.07) is 0.504. The quantitative estimate of drug-likeness (QED) is 0.568. The van der Waals surface area contributed by atoms with Crippen LogP contribution in [0.25, 0.3) is 0 Å². The zero-order valence-corrected chi connectivity index (χ0v) is 13.2. The van der Waals surface area contributed by atoms with Crippen molar-refractivity contribution in [2.24, 2.45) is 5.73 Å². The first-order valence-electron chi connectivity index (χ1n) is 6.80. The predicted octanol–water partition coefficient (Wildman–Crippen LogP) is 0.267. The van der Waals surface area contributed by atoms with E-state index in [2.05, 4.69) is 40.7 Å². The van der Waals surface area contributed by atoms with Gasteiger partial charge in [-0.05, 0) is 40.3 Å². The fourth-order valence-corrected chi connectivity index (χ4v) is 2.91. The summed E-state index contributed by atoms with van der Waals surface area (Å²) in [6.07, 6.45) is 3.18. The fraction of sp³-hybridized carbons (Fsp3) is 0.750. The van der Waals surface area contributed by atoms with E-state index in [0.717, 1.165) is 19.4 Å². The van der Waals surface area contributed by atoms with Gasteiger partial charge in [-0.25, -0.2) is 13.1 Å². The highest BCUT2D eigenvalue weighted by Crippen LogP contribution is 2.10. The summed E-state index contributed by atoms with van der Waals surface area (Å²) >= 11 is 0. The van der Waals surface area contributed by atoms with Gasteiger partial charge in [0, 0.05) is 24.7 Å². The summed E-state index contributed by atoms with van der Waals surface area (Å²) in [6.45, 7) is 5.78. The van der Waals surface area contributed by atoms with Gasteiger partial charge in [-0.1, -0.05) is 0 Å². The summed E-state index contributed by atoms with van der Waals surface area (Å²) < 4.78 is 26.6.